The van der Waals surface area contributed by atoms with Crippen LogP contribution < -0.4 is 16.4 Å². The van der Waals surface area contributed by atoms with Crippen molar-refractivity contribution in [1.82, 2.24) is 15.5 Å². The van der Waals surface area contributed by atoms with Crippen molar-refractivity contribution in [2.75, 3.05) is 11.9 Å². The number of amides is 2. The van der Waals surface area contributed by atoms with Crippen molar-refractivity contribution in [3.05, 3.63) is 5.01 Å². The molecule has 7 nitrogen and oxygen atoms in total. The molecule has 1 rings (SSSR count). The molecule has 0 spiro atoms. The molecule has 2 amide bonds. The summed E-state index contributed by atoms with van der Waals surface area (Å²) in [7, 11) is 0. The monoisotopic (exact) mass is 361 g/mol. The molecule has 12 heteroatoms. The normalized spacial score (nSPS) is 12.5. The summed E-state index contributed by atoms with van der Waals surface area (Å²) in [6, 6.07) is -0.767. The van der Waals surface area contributed by atoms with Gasteiger partial charge in [-0.3, -0.25) is 14.9 Å². The Morgan fingerprint density at radius 3 is 2.36 bits per heavy atom. The highest BCUT2D eigenvalue weighted by Gasteiger charge is 2.35. The largest absolute Gasteiger partial charge is 0.445 e. The minimum atomic E-state index is -4.61. The third kappa shape index (κ3) is 6.12. The smallest absolute Gasteiger partial charge is 0.346 e. The van der Waals surface area contributed by atoms with Crippen LogP contribution in [0.2, 0.25) is 0 Å². The topological polar surface area (TPSA) is 110 Å². The first-order chi connectivity index (χ1) is 9.61. The van der Waals surface area contributed by atoms with Gasteiger partial charge in [-0.1, -0.05) is 25.2 Å². The lowest BCUT2D eigenvalue weighted by Crippen LogP contribution is -2.46. The Labute approximate surface area is 134 Å². The molecule has 22 heavy (non-hydrogen) atoms. The maximum Gasteiger partial charge on any atom is 0.445 e. The standard InChI is InChI=1S/C10H14F3N5O2S.ClH/c1-4(2)6(14)7(20)15-3-5(19)16-9-18-17-8(21-9)10(11,12)13;/h4,6H,3,14H2,1-2H3,(H,15,20)(H,16,18,19);1H/t6-;/m0./s1. The number of aromatic nitrogens is 2. The molecule has 1 heterocycles. The van der Waals surface area contributed by atoms with E-state index in [9.17, 15) is 22.8 Å². The van der Waals surface area contributed by atoms with E-state index >= 15 is 0 Å². The molecule has 0 fully saturated rings. The number of rotatable bonds is 5. The van der Waals surface area contributed by atoms with Gasteiger partial charge in [0, 0.05) is 0 Å². The summed E-state index contributed by atoms with van der Waals surface area (Å²) in [4.78, 5) is 22.9. The third-order valence-corrected chi connectivity index (χ3v) is 3.24. The molecule has 1 atom stereocenters. The lowest BCUT2D eigenvalue weighted by Gasteiger charge is -2.14. The van der Waals surface area contributed by atoms with E-state index < -0.39 is 35.6 Å². The summed E-state index contributed by atoms with van der Waals surface area (Å²) >= 11 is 0.197. The number of nitrogens with two attached hydrogens (primary N) is 1. The zero-order valence-corrected chi connectivity index (χ0v) is 13.2. The summed E-state index contributed by atoms with van der Waals surface area (Å²) in [5.41, 5.74) is 5.56. The molecule has 0 radical (unpaired) electrons. The Balaban J connectivity index is 0.00000441. The molecule has 0 aromatic carbocycles. The molecular formula is C10H15ClF3N5O2S. The predicted molar refractivity (Wildman–Crippen MR) is 76.6 cm³/mol. The molecule has 4 N–H and O–H groups in total. The molecule has 0 saturated carbocycles. The number of alkyl halides is 3. The Hall–Kier alpha value is -1.46. The van der Waals surface area contributed by atoms with Crippen LogP contribution in [0.3, 0.4) is 0 Å². The molecule has 1 aromatic heterocycles. The maximum atomic E-state index is 12.3. The van der Waals surface area contributed by atoms with E-state index in [2.05, 4.69) is 20.8 Å². The first kappa shape index (κ1) is 20.5. The lowest BCUT2D eigenvalue weighted by atomic mass is 10.1. The van der Waals surface area contributed by atoms with Crippen molar-refractivity contribution in [3.8, 4) is 0 Å². The number of hydrogen-bond acceptors (Lipinski definition) is 6. The molecule has 1 aromatic rings. The SMILES string of the molecule is CC(C)[C@H](N)C(=O)NCC(=O)Nc1nnc(C(F)(F)F)s1.Cl. The van der Waals surface area contributed by atoms with E-state index in [0.29, 0.717) is 0 Å². The lowest BCUT2D eigenvalue weighted by molar-refractivity contribution is -0.138. The first-order valence-corrected chi connectivity index (χ1v) is 6.66. The molecular weight excluding hydrogens is 347 g/mol. The van der Waals surface area contributed by atoms with Gasteiger partial charge in [0.25, 0.3) is 0 Å². The van der Waals surface area contributed by atoms with Crippen molar-refractivity contribution < 1.29 is 22.8 Å². The highest BCUT2D eigenvalue weighted by molar-refractivity contribution is 7.15. The fourth-order valence-corrected chi connectivity index (χ4v) is 1.77. The van der Waals surface area contributed by atoms with Crippen LogP contribution in [0, 0.1) is 5.92 Å². The van der Waals surface area contributed by atoms with Crippen LogP contribution in [0.5, 0.6) is 0 Å². The van der Waals surface area contributed by atoms with E-state index in [-0.39, 0.29) is 34.8 Å². The Bertz CT molecular complexity index is 523. The van der Waals surface area contributed by atoms with Crippen LogP contribution in [-0.4, -0.2) is 34.6 Å². The summed E-state index contributed by atoms with van der Waals surface area (Å²) in [5, 5.41) is 9.03. The van der Waals surface area contributed by atoms with E-state index in [1.807, 2.05) is 0 Å². The van der Waals surface area contributed by atoms with Gasteiger partial charge >= 0.3 is 6.18 Å². The van der Waals surface area contributed by atoms with E-state index in [0.717, 1.165) is 0 Å². The van der Waals surface area contributed by atoms with Gasteiger partial charge in [-0.2, -0.15) is 13.2 Å². The maximum absolute atomic E-state index is 12.3. The fourth-order valence-electron chi connectivity index (χ4n) is 1.14. The quantitative estimate of drug-likeness (QED) is 0.725. The van der Waals surface area contributed by atoms with Gasteiger partial charge in [0.1, 0.15) is 0 Å². The number of nitrogens with zero attached hydrogens (tertiary/aromatic N) is 2. The van der Waals surface area contributed by atoms with Gasteiger partial charge in [0.15, 0.2) is 0 Å². The van der Waals surface area contributed by atoms with Crippen LogP contribution >= 0.6 is 23.7 Å². The average Bonchev–Trinajstić information content (AvgIpc) is 2.83. The first-order valence-electron chi connectivity index (χ1n) is 5.85. The molecule has 0 aliphatic carbocycles. The summed E-state index contributed by atoms with van der Waals surface area (Å²) in [5.74, 6) is -1.34. The molecule has 0 unspecified atom stereocenters. The van der Waals surface area contributed by atoms with Crippen molar-refractivity contribution in [2.45, 2.75) is 26.1 Å². The zero-order valence-electron chi connectivity index (χ0n) is 11.6. The Morgan fingerprint density at radius 1 is 1.32 bits per heavy atom. The van der Waals surface area contributed by atoms with Crippen LogP contribution in [0.15, 0.2) is 0 Å². The van der Waals surface area contributed by atoms with Crippen molar-refractivity contribution >= 4 is 40.7 Å². The predicted octanol–water partition coefficient (Wildman–Crippen LogP) is 1.02. The minimum absolute atomic E-state index is 0. The minimum Gasteiger partial charge on any atom is -0.346 e. The fraction of sp³-hybridized carbons (Fsp3) is 0.600. The second-order valence-electron chi connectivity index (χ2n) is 4.45. The summed E-state index contributed by atoms with van der Waals surface area (Å²) < 4.78 is 36.8. The molecule has 0 aliphatic rings. The second kappa shape index (κ2) is 8.25. The average molecular weight is 362 g/mol. The number of anilines is 1. The highest BCUT2D eigenvalue weighted by Crippen LogP contribution is 2.32. The van der Waals surface area contributed by atoms with Crippen LogP contribution in [-0.2, 0) is 15.8 Å². The molecule has 126 valence electrons. The van der Waals surface area contributed by atoms with E-state index in [1.165, 1.54) is 0 Å². The number of carbonyl (C=O) groups is 2. The van der Waals surface area contributed by atoms with Gasteiger partial charge in [-0.05, 0) is 5.92 Å². The zero-order chi connectivity index (χ0) is 16.2. The van der Waals surface area contributed by atoms with Crippen molar-refractivity contribution in [2.24, 2.45) is 11.7 Å². The van der Waals surface area contributed by atoms with Crippen LogP contribution in [0.25, 0.3) is 0 Å². The van der Waals surface area contributed by atoms with Crippen molar-refractivity contribution in [1.29, 1.82) is 0 Å². The van der Waals surface area contributed by atoms with Crippen LogP contribution in [0.4, 0.5) is 18.3 Å². The molecule has 0 aliphatic heterocycles. The van der Waals surface area contributed by atoms with Gasteiger partial charge in [0.05, 0.1) is 12.6 Å². The van der Waals surface area contributed by atoms with E-state index in [1.54, 1.807) is 13.8 Å². The molecule has 0 saturated heterocycles. The second-order valence-corrected chi connectivity index (χ2v) is 5.42. The Kier molecular flexibility index (Phi) is 7.70. The number of carbonyl (C=O) groups excluding carboxylic acids is 2. The number of hydrogen-bond donors (Lipinski definition) is 3. The molecule has 0 bridgehead atoms. The van der Waals surface area contributed by atoms with Gasteiger partial charge < -0.3 is 11.1 Å². The van der Waals surface area contributed by atoms with E-state index in [4.69, 9.17) is 5.73 Å². The third-order valence-electron chi connectivity index (χ3n) is 2.36. The van der Waals surface area contributed by atoms with Crippen LogP contribution in [0.1, 0.15) is 18.9 Å². The highest BCUT2D eigenvalue weighted by atomic mass is 35.5. The summed E-state index contributed by atoms with van der Waals surface area (Å²) in [6.07, 6.45) is -4.61. The number of nitrogens with one attached hydrogen (secondary N) is 2. The van der Waals surface area contributed by atoms with Gasteiger partial charge in [0.2, 0.25) is 22.0 Å². The van der Waals surface area contributed by atoms with Crippen molar-refractivity contribution in [3.63, 3.8) is 0 Å². The van der Waals surface area contributed by atoms with Gasteiger partial charge in [-0.25, -0.2) is 0 Å². The number of halogens is 4. The van der Waals surface area contributed by atoms with Gasteiger partial charge in [-0.15, -0.1) is 22.6 Å². The summed E-state index contributed by atoms with van der Waals surface area (Å²) in [6.45, 7) is 3.06. The Morgan fingerprint density at radius 2 is 1.91 bits per heavy atom.